The average Bonchev–Trinajstić information content (AvgIpc) is 2.89. The number of anilines is 1. The van der Waals surface area contributed by atoms with E-state index in [4.69, 9.17) is 4.52 Å². The largest absolute Gasteiger partial charge is 0.360 e. The minimum Gasteiger partial charge on any atom is -0.360 e. The van der Waals surface area contributed by atoms with Crippen LogP contribution in [-0.2, 0) is 20.0 Å². The van der Waals surface area contributed by atoms with Crippen molar-refractivity contribution in [3.05, 3.63) is 41.7 Å². The molecule has 0 radical (unpaired) electrons. The molecule has 0 saturated carbocycles. The van der Waals surface area contributed by atoms with Crippen molar-refractivity contribution in [2.45, 2.75) is 18.7 Å². The zero-order chi connectivity index (χ0) is 18.0. The van der Waals surface area contributed by atoms with E-state index in [0.29, 0.717) is 5.76 Å². The molecular formula is C14H19N3O5S2. The van der Waals surface area contributed by atoms with Gasteiger partial charge in [0.25, 0.3) is 0 Å². The number of hydrogen-bond acceptors (Lipinski definition) is 6. The Morgan fingerprint density at radius 3 is 2.25 bits per heavy atom. The summed E-state index contributed by atoms with van der Waals surface area (Å²) in [5.41, 5.74) is 0.943. The summed E-state index contributed by atoms with van der Waals surface area (Å²) in [6.07, 6.45) is 1.02. The minimum absolute atomic E-state index is 0.101. The van der Waals surface area contributed by atoms with Crippen molar-refractivity contribution in [1.29, 1.82) is 0 Å². The number of aryl methyl sites for hydroxylation is 2. The predicted octanol–water partition coefficient (Wildman–Crippen LogP) is 1.04. The Kier molecular flexibility index (Phi) is 5.31. The molecule has 1 aromatic carbocycles. The van der Waals surface area contributed by atoms with Crippen molar-refractivity contribution < 1.29 is 21.4 Å². The van der Waals surface area contributed by atoms with Gasteiger partial charge >= 0.3 is 0 Å². The second-order valence-electron chi connectivity index (χ2n) is 5.34. The van der Waals surface area contributed by atoms with Crippen LogP contribution in [-0.4, -0.2) is 41.3 Å². The van der Waals surface area contributed by atoms with E-state index < -0.39 is 20.0 Å². The van der Waals surface area contributed by atoms with Crippen LogP contribution in [0.2, 0.25) is 0 Å². The SMILES string of the molecule is Cc1ccc(S(=O)(=O)NCCN(c2cc(C)on2)S(C)(=O)=O)cc1. The highest BCUT2D eigenvalue weighted by atomic mass is 32.2. The second kappa shape index (κ2) is 6.91. The van der Waals surface area contributed by atoms with E-state index >= 15 is 0 Å². The number of hydrogen-bond donors (Lipinski definition) is 1. The molecule has 132 valence electrons. The van der Waals surface area contributed by atoms with Gasteiger partial charge in [0.15, 0.2) is 5.82 Å². The molecule has 0 spiro atoms. The summed E-state index contributed by atoms with van der Waals surface area (Å²) in [7, 11) is -7.33. The highest BCUT2D eigenvalue weighted by molar-refractivity contribution is 7.92. The lowest BCUT2D eigenvalue weighted by Gasteiger charge is -2.19. The molecule has 1 heterocycles. The number of aromatic nitrogens is 1. The monoisotopic (exact) mass is 373 g/mol. The zero-order valence-electron chi connectivity index (χ0n) is 13.6. The van der Waals surface area contributed by atoms with Crippen LogP contribution in [0.25, 0.3) is 0 Å². The lowest BCUT2D eigenvalue weighted by atomic mass is 10.2. The number of sulfonamides is 2. The fourth-order valence-corrected chi connectivity index (χ4v) is 3.87. The number of rotatable bonds is 7. The van der Waals surface area contributed by atoms with E-state index in [-0.39, 0.29) is 23.8 Å². The van der Waals surface area contributed by atoms with E-state index in [1.165, 1.54) is 18.2 Å². The van der Waals surface area contributed by atoms with E-state index in [0.717, 1.165) is 16.1 Å². The lowest BCUT2D eigenvalue weighted by molar-refractivity contribution is 0.398. The van der Waals surface area contributed by atoms with Crippen molar-refractivity contribution in [2.24, 2.45) is 0 Å². The van der Waals surface area contributed by atoms with Gasteiger partial charge in [-0.1, -0.05) is 22.9 Å². The van der Waals surface area contributed by atoms with E-state index in [1.54, 1.807) is 19.1 Å². The molecule has 0 bridgehead atoms. The van der Waals surface area contributed by atoms with Gasteiger partial charge in [0.2, 0.25) is 20.0 Å². The Morgan fingerprint density at radius 2 is 1.75 bits per heavy atom. The van der Waals surface area contributed by atoms with Gasteiger partial charge < -0.3 is 4.52 Å². The fourth-order valence-electron chi connectivity index (χ4n) is 2.00. The van der Waals surface area contributed by atoms with Crippen LogP contribution in [0.4, 0.5) is 5.82 Å². The van der Waals surface area contributed by atoms with Gasteiger partial charge in [0.05, 0.1) is 11.2 Å². The lowest BCUT2D eigenvalue weighted by Crippen LogP contribution is -2.38. The van der Waals surface area contributed by atoms with Crippen molar-refractivity contribution >= 4 is 25.9 Å². The van der Waals surface area contributed by atoms with Gasteiger partial charge in [-0.2, -0.15) is 0 Å². The first-order chi connectivity index (χ1) is 11.1. The fraction of sp³-hybridized carbons (Fsp3) is 0.357. The molecule has 10 heteroatoms. The van der Waals surface area contributed by atoms with Crippen molar-refractivity contribution in [3.8, 4) is 0 Å². The molecule has 0 saturated heterocycles. The summed E-state index contributed by atoms with van der Waals surface area (Å²) in [5.74, 6) is 0.573. The molecule has 0 fully saturated rings. The maximum Gasteiger partial charge on any atom is 0.240 e. The number of nitrogens with zero attached hydrogens (tertiary/aromatic N) is 2. The highest BCUT2D eigenvalue weighted by Crippen LogP contribution is 2.16. The molecule has 0 aliphatic rings. The van der Waals surface area contributed by atoms with Crippen LogP contribution in [0.1, 0.15) is 11.3 Å². The standard InChI is InChI=1S/C14H19N3O5S2/c1-11-4-6-13(7-5-11)24(20,21)15-8-9-17(23(3,18)19)14-10-12(2)22-16-14/h4-7,10,15H,8-9H2,1-3H3. The maximum atomic E-state index is 12.2. The smallest absolute Gasteiger partial charge is 0.240 e. The highest BCUT2D eigenvalue weighted by Gasteiger charge is 2.22. The molecule has 1 aromatic heterocycles. The van der Waals surface area contributed by atoms with E-state index in [2.05, 4.69) is 9.88 Å². The summed E-state index contributed by atoms with van der Waals surface area (Å²) in [4.78, 5) is 0.122. The third-order valence-corrected chi connectivity index (χ3v) is 5.86. The average molecular weight is 373 g/mol. The normalized spacial score (nSPS) is 12.3. The molecule has 0 atom stereocenters. The Bertz CT molecular complexity index is 902. The summed E-state index contributed by atoms with van der Waals surface area (Å²) < 4.78 is 56.4. The van der Waals surface area contributed by atoms with Gasteiger partial charge in [-0.25, -0.2) is 25.9 Å². The number of nitrogens with one attached hydrogen (secondary N) is 1. The van der Waals surface area contributed by atoms with Gasteiger partial charge in [0.1, 0.15) is 5.76 Å². The molecular weight excluding hydrogens is 354 g/mol. The molecule has 0 unspecified atom stereocenters. The maximum absolute atomic E-state index is 12.2. The van der Waals surface area contributed by atoms with Gasteiger partial charge in [-0.05, 0) is 26.0 Å². The molecule has 0 amide bonds. The molecule has 0 aliphatic heterocycles. The van der Waals surface area contributed by atoms with Crippen molar-refractivity contribution in [1.82, 2.24) is 9.88 Å². The molecule has 2 aromatic rings. The first-order valence-electron chi connectivity index (χ1n) is 7.07. The van der Waals surface area contributed by atoms with Crippen LogP contribution in [0.5, 0.6) is 0 Å². The van der Waals surface area contributed by atoms with Crippen LogP contribution in [0.15, 0.2) is 39.8 Å². The Labute approximate surface area is 141 Å². The first kappa shape index (κ1) is 18.4. The van der Waals surface area contributed by atoms with E-state index in [1.807, 2.05) is 6.92 Å². The van der Waals surface area contributed by atoms with Gasteiger partial charge in [-0.3, -0.25) is 0 Å². The molecule has 0 aliphatic carbocycles. The van der Waals surface area contributed by atoms with Crippen LogP contribution < -0.4 is 9.03 Å². The topological polar surface area (TPSA) is 110 Å². The third kappa shape index (κ3) is 4.56. The zero-order valence-corrected chi connectivity index (χ0v) is 15.2. The third-order valence-electron chi connectivity index (χ3n) is 3.21. The van der Waals surface area contributed by atoms with Crippen molar-refractivity contribution in [2.75, 3.05) is 23.7 Å². The van der Waals surface area contributed by atoms with Gasteiger partial charge in [0, 0.05) is 19.2 Å². The summed E-state index contributed by atoms with van der Waals surface area (Å²) in [5, 5.41) is 3.66. The minimum atomic E-state index is -3.71. The van der Waals surface area contributed by atoms with Gasteiger partial charge in [-0.15, -0.1) is 0 Å². The predicted molar refractivity (Wildman–Crippen MR) is 89.8 cm³/mol. The summed E-state index contributed by atoms with van der Waals surface area (Å²) in [6.45, 7) is 3.29. The summed E-state index contributed by atoms with van der Waals surface area (Å²) >= 11 is 0. The van der Waals surface area contributed by atoms with E-state index in [9.17, 15) is 16.8 Å². The Morgan fingerprint density at radius 1 is 1.12 bits per heavy atom. The van der Waals surface area contributed by atoms with Crippen molar-refractivity contribution in [3.63, 3.8) is 0 Å². The number of benzene rings is 1. The molecule has 1 N–H and O–H groups in total. The van der Waals surface area contributed by atoms with Crippen LogP contribution in [0, 0.1) is 13.8 Å². The summed E-state index contributed by atoms with van der Waals surface area (Å²) in [6, 6.07) is 7.83. The molecule has 8 nitrogen and oxygen atoms in total. The second-order valence-corrected chi connectivity index (χ2v) is 9.02. The first-order valence-corrected chi connectivity index (χ1v) is 10.4. The van der Waals surface area contributed by atoms with Crippen LogP contribution >= 0.6 is 0 Å². The molecule has 24 heavy (non-hydrogen) atoms. The Hall–Kier alpha value is -1.91. The quantitative estimate of drug-likeness (QED) is 0.776. The van der Waals surface area contributed by atoms with Crippen LogP contribution in [0.3, 0.4) is 0 Å². The molecule has 2 rings (SSSR count). The Balaban J connectivity index is 2.09.